The lowest BCUT2D eigenvalue weighted by Crippen LogP contribution is -2.23. The molecule has 0 amide bonds. The van der Waals surface area contributed by atoms with Crippen LogP contribution in [0, 0.1) is 0 Å². The summed E-state index contributed by atoms with van der Waals surface area (Å²) in [4.78, 5) is 19.2. The Balaban J connectivity index is 2.09. The summed E-state index contributed by atoms with van der Waals surface area (Å²) >= 11 is 1.90. The molecule has 4 nitrogen and oxygen atoms in total. The van der Waals surface area contributed by atoms with E-state index >= 15 is 0 Å². The first kappa shape index (κ1) is 12.6. The molecular weight excluding hydrogens is 234 g/mol. The van der Waals surface area contributed by atoms with Gasteiger partial charge in [-0.25, -0.2) is 4.98 Å². The van der Waals surface area contributed by atoms with Crippen molar-refractivity contribution in [1.29, 1.82) is 0 Å². The zero-order valence-corrected chi connectivity index (χ0v) is 11.0. The van der Waals surface area contributed by atoms with E-state index < -0.39 is 0 Å². The number of nitrogens with one attached hydrogen (secondary N) is 2. The van der Waals surface area contributed by atoms with Crippen LogP contribution in [0.3, 0.4) is 0 Å². The summed E-state index contributed by atoms with van der Waals surface area (Å²) < 4.78 is 0. The molecule has 1 aromatic heterocycles. The molecule has 0 radical (unpaired) electrons. The first-order chi connectivity index (χ1) is 8.31. The normalized spacial score (nSPS) is 20.4. The molecule has 0 spiro atoms. The quantitative estimate of drug-likeness (QED) is 0.859. The van der Waals surface area contributed by atoms with Gasteiger partial charge < -0.3 is 10.3 Å². The van der Waals surface area contributed by atoms with E-state index in [2.05, 4.69) is 15.3 Å². The number of rotatable bonds is 4. The van der Waals surface area contributed by atoms with Crippen LogP contribution in [0.4, 0.5) is 0 Å². The van der Waals surface area contributed by atoms with Gasteiger partial charge in [0.05, 0.1) is 5.25 Å². The van der Waals surface area contributed by atoms with Gasteiger partial charge in [0.25, 0.3) is 5.56 Å². The number of thioether (sulfide) groups is 1. The van der Waals surface area contributed by atoms with Crippen LogP contribution >= 0.6 is 11.8 Å². The van der Waals surface area contributed by atoms with Crippen molar-refractivity contribution in [2.24, 2.45) is 0 Å². The lowest BCUT2D eigenvalue weighted by atomic mass is 10.2. The Labute approximate surface area is 106 Å². The zero-order valence-electron chi connectivity index (χ0n) is 10.2. The lowest BCUT2D eigenvalue weighted by molar-refractivity contribution is 0.653. The number of hydrogen-bond donors (Lipinski definition) is 2. The van der Waals surface area contributed by atoms with E-state index in [0.29, 0.717) is 11.8 Å². The van der Waals surface area contributed by atoms with Gasteiger partial charge in [-0.1, -0.05) is 13.3 Å². The Morgan fingerprint density at radius 2 is 2.47 bits per heavy atom. The highest BCUT2D eigenvalue weighted by atomic mass is 32.2. The van der Waals surface area contributed by atoms with Gasteiger partial charge in [0.2, 0.25) is 0 Å². The van der Waals surface area contributed by atoms with Gasteiger partial charge in [-0.3, -0.25) is 4.79 Å². The number of hydrogen-bond acceptors (Lipinski definition) is 4. The monoisotopic (exact) mass is 253 g/mol. The molecule has 17 heavy (non-hydrogen) atoms. The van der Waals surface area contributed by atoms with Crippen LogP contribution in [0.15, 0.2) is 11.0 Å². The van der Waals surface area contributed by atoms with E-state index in [1.54, 1.807) is 6.20 Å². The number of H-pyrrole nitrogens is 1. The summed E-state index contributed by atoms with van der Waals surface area (Å²) in [6.07, 6.45) is 5.36. The highest BCUT2D eigenvalue weighted by Crippen LogP contribution is 2.35. The Bertz CT molecular complexity index is 412. The smallest absolute Gasteiger partial charge is 0.255 e. The second kappa shape index (κ2) is 6.21. The van der Waals surface area contributed by atoms with Crippen LogP contribution < -0.4 is 10.9 Å². The molecule has 0 bridgehead atoms. The molecule has 1 aromatic rings. The largest absolute Gasteiger partial charge is 0.313 e. The summed E-state index contributed by atoms with van der Waals surface area (Å²) in [6.45, 7) is 3.48. The minimum atomic E-state index is 0.00197. The Hall–Kier alpha value is -0.810. The summed E-state index contributed by atoms with van der Waals surface area (Å²) in [6, 6.07) is 0. The van der Waals surface area contributed by atoms with Gasteiger partial charge in [-0.2, -0.15) is 11.8 Å². The maximum absolute atomic E-state index is 11.8. The molecule has 1 fully saturated rings. The second-order valence-electron chi connectivity index (χ2n) is 4.26. The molecule has 0 aromatic carbocycles. The van der Waals surface area contributed by atoms with Crippen LogP contribution in [0.25, 0.3) is 0 Å². The molecule has 1 aliphatic rings. The molecule has 2 heterocycles. The Kier molecular flexibility index (Phi) is 4.62. The number of aromatic amines is 1. The molecule has 1 atom stereocenters. The van der Waals surface area contributed by atoms with Crippen LogP contribution in [0.5, 0.6) is 0 Å². The van der Waals surface area contributed by atoms with Crippen molar-refractivity contribution in [3.8, 4) is 0 Å². The van der Waals surface area contributed by atoms with Gasteiger partial charge in [0, 0.05) is 18.3 Å². The second-order valence-corrected chi connectivity index (χ2v) is 5.57. The van der Waals surface area contributed by atoms with E-state index in [1.807, 2.05) is 18.7 Å². The van der Waals surface area contributed by atoms with Crippen molar-refractivity contribution in [3.05, 3.63) is 27.9 Å². The highest BCUT2D eigenvalue weighted by molar-refractivity contribution is 7.99. The zero-order chi connectivity index (χ0) is 12.1. The topological polar surface area (TPSA) is 57.8 Å². The van der Waals surface area contributed by atoms with E-state index in [1.165, 1.54) is 18.6 Å². The van der Waals surface area contributed by atoms with Gasteiger partial charge in [-0.15, -0.1) is 0 Å². The fraction of sp³-hybridized carbons (Fsp3) is 0.667. The average Bonchev–Trinajstić information content (AvgIpc) is 2.38. The van der Waals surface area contributed by atoms with Crippen LogP contribution in [-0.2, 0) is 6.54 Å². The molecule has 1 unspecified atom stereocenters. The summed E-state index contributed by atoms with van der Waals surface area (Å²) in [5.74, 6) is 2.02. The van der Waals surface area contributed by atoms with Crippen LogP contribution in [0.1, 0.15) is 42.8 Å². The van der Waals surface area contributed by atoms with Crippen LogP contribution in [0.2, 0.25) is 0 Å². The summed E-state index contributed by atoms with van der Waals surface area (Å²) in [5.41, 5.74) is 0.721. The van der Waals surface area contributed by atoms with Gasteiger partial charge >= 0.3 is 0 Å². The van der Waals surface area contributed by atoms with Gasteiger partial charge in [0.1, 0.15) is 5.82 Å². The van der Waals surface area contributed by atoms with E-state index in [4.69, 9.17) is 0 Å². The first-order valence-corrected chi connectivity index (χ1v) is 7.26. The van der Waals surface area contributed by atoms with Crippen LogP contribution in [-0.4, -0.2) is 22.3 Å². The molecular formula is C12H19N3OS. The predicted molar refractivity (Wildman–Crippen MR) is 71.3 cm³/mol. The Morgan fingerprint density at radius 1 is 1.59 bits per heavy atom. The van der Waals surface area contributed by atoms with E-state index in [-0.39, 0.29) is 5.56 Å². The molecule has 2 rings (SSSR count). The maximum Gasteiger partial charge on any atom is 0.255 e. The van der Waals surface area contributed by atoms with E-state index in [9.17, 15) is 4.79 Å². The molecule has 5 heteroatoms. The third-order valence-electron chi connectivity index (χ3n) is 2.94. The molecule has 94 valence electrons. The van der Waals surface area contributed by atoms with Crippen molar-refractivity contribution < 1.29 is 0 Å². The first-order valence-electron chi connectivity index (χ1n) is 6.21. The van der Waals surface area contributed by atoms with Crippen molar-refractivity contribution in [1.82, 2.24) is 15.3 Å². The van der Waals surface area contributed by atoms with Gasteiger partial charge in [-0.05, 0) is 25.1 Å². The SMILES string of the molecule is CCNCc1cnc(C2CCCCS2)[nH]c1=O. The van der Waals surface area contributed by atoms with Crippen molar-refractivity contribution >= 4 is 11.8 Å². The molecule has 1 aliphatic heterocycles. The van der Waals surface area contributed by atoms with Crippen molar-refractivity contribution in [3.63, 3.8) is 0 Å². The molecule has 0 saturated carbocycles. The maximum atomic E-state index is 11.8. The molecule has 0 aliphatic carbocycles. The fourth-order valence-corrected chi connectivity index (χ4v) is 3.21. The number of aromatic nitrogens is 2. The molecule has 2 N–H and O–H groups in total. The number of nitrogens with zero attached hydrogens (tertiary/aromatic N) is 1. The van der Waals surface area contributed by atoms with E-state index in [0.717, 1.165) is 24.4 Å². The minimum Gasteiger partial charge on any atom is -0.313 e. The minimum absolute atomic E-state index is 0.00197. The van der Waals surface area contributed by atoms with Gasteiger partial charge in [0.15, 0.2) is 0 Å². The third-order valence-corrected chi connectivity index (χ3v) is 4.33. The van der Waals surface area contributed by atoms with Crippen molar-refractivity contribution in [2.75, 3.05) is 12.3 Å². The fourth-order valence-electron chi connectivity index (χ4n) is 1.94. The predicted octanol–water partition coefficient (Wildman–Crippen LogP) is 1.84. The summed E-state index contributed by atoms with van der Waals surface area (Å²) in [5, 5.41) is 3.52. The average molecular weight is 253 g/mol. The third kappa shape index (κ3) is 3.33. The lowest BCUT2D eigenvalue weighted by Gasteiger charge is -2.20. The van der Waals surface area contributed by atoms with Crippen molar-refractivity contribution in [2.45, 2.75) is 38.0 Å². The standard InChI is InChI=1S/C12H19N3OS/c1-2-13-7-9-8-14-11(15-12(9)16)10-5-3-4-6-17-10/h8,10,13H,2-7H2,1H3,(H,14,15,16). The highest BCUT2D eigenvalue weighted by Gasteiger charge is 2.18. The molecule has 1 saturated heterocycles. The summed E-state index contributed by atoms with van der Waals surface area (Å²) in [7, 11) is 0. The Morgan fingerprint density at radius 3 is 3.12 bits per heavy atom.